The number of carbonyl (C=O) groups excluding carboxylic acids is 2. The summed E-state index contributed by atoms with van der Waals surface area (Å²) < 4.78 is 87.4. The average molecular weight is 1320 g/mol. The van der Waals surface area contributed by atoms with Gasteiger partial charge in [-0.25, -0.2) is 9.59 Å². The van der Waals surface area contributed by atoms with Crippen molar-refractivity contribution in [3.8, 4) is 0 Å². The van der Waals surface area contributed by atoms with Gasteiger partial charge in [0.05, 0.1) is 83.8 Å². The third kappa shape index (κ3) is 26.0. The van der Waals surface area contributed by atoms with E-state index in [4.69, 9.17) is 66.3 Å². The molecular weight excluding hydrogens is 1210 g/mol. The number of aliphatic hydroxyl groups excluding tert-OH is 3. The Morgan fingerprint density at radius 2 is 1.15 bits per heavy atom. The molecule has 92 heavy (non-hydrogen) atoms. The Morgan fingerprint density at radius 3 is 1.66 bits per heavy atom. The van der Waals surface area contributed by atoms with Gasteiger partial charge >= 0.3 is 11.9 Å². The highest BCUT2D eigenvalue weighted by atomic mass is 28.4. The number of methoxy groups -OCH3 is 2. The molecule has 1 fully saturated rings. The van der Waals surface area contributed by atoms with Crippen molar-refractivity contribution in [3.63, 3.8) is 0 Å². The third-order valence-corrected chi connectivity index (χ3v) is 20.8. The molecule has 0 spiro atoms. The quantitative estimate of drug-likeness (QED) is 0.00920. The normalized spacial score (nSPS) is 20.2. The van der Waals surface area contributed by atoms with Crippen molar-refractivity contribution in [1.82, 2.24) is 0 Å². The lowest BCUT2D eigenvalue weighted by Gasteiger charge is -2.45. The number of benzene rings is 2. The zero-order valence-corrected chi connectivity index (χ0v) is 57.6. The lowest BCUT2D eigenvalue weighted by Crippen LogP contribution is -2.65. The number of azide groups is 2. The second kappa shape index (κ2) is 45.9. The molecular formula is C65H110N6O20Si. The summed E-state index contributed by atoms with van der Waals surface area (Å²) in [5.74, 6) is -1.84. The van der Waals surface area contributed by atoms with E-state index in [1.165, 1.54) is 14.0 Å². The lowest BCUT2D eigenvalue weighted by molar-refractivity contribution is -0.304. The molecule has 1 saturated heterocycles. The van der Waals surface area contributed by atoms with Gasteiger partial charge in [0.2, 0.25) is 0 Å². The Hall–Kier alpha value is -4.42. The van der Waals surface area contributed by atoms with Crippen LogP contribution in [0.4, 0.5) is 0 Å². The van der Waals surface area contributed by atoms with Crippen molar-refractivity contribution in [3.05, 3.63) is 81.5 Å². The summed E-state index contributed by atoms with van der Waals surface area (Å²) >= 11 is 0. The second-order valence-corrected chi connectivity index (χ2v) is 27.5. The van der Waals surface area contributed by atoms with Crippen molar-refractivity contribution in [2.24, 2.45) is 10.2 Å². The maximum atomic E-state index is 14.5. The summed E-state index contributed by atoms with van der Waals surface area (Å²) in [6.45, 7) is 17.3. The average Bonchev–Trinajstić information content (AvgIpc) is 0.798. The number of hydrogen-bond acceptors (Lipinski definition) is 22. The van der Waals surface area contributed by atoms with E-state index in [0.29, 0.717) is 38.7 Å². The van der Waals surface area contributed by atoms with E-state index < -0.39 is 143 Å². The van der Waals surface area contributed by atoms with Gasteiger partial charge in [0.15, 0.2) is 31.1 Å². The maximum Gasteiger partial charge on any atom is 0.337 e. The molecule has 0 aromatic heterocycles. The topological polar surface area (TPSA) is 342 Å². The van der Waals surface area contributed by atoms with E-state index in [9.17, 15) is 40.8 Å². The van der Waals surface area contributed by atoms with Crippen LogP contribution in [0.5, 0.6) is 0 Å². The van der Waals surface area contributed by atoms with Crippen LogP contribution in [0.3, 0.4) is 0 Å². The summed E-state index contributed by atoms with van der Waals surface area (Å²) in [5.41, 5.74) is 20.0. The van der Waals surface area contributed by atoms with Crippen LogP contribution in [0.2, 0.25) is 5.04 Å². The van der Waals surface area contributed by atoms with E-state index in [2.05, 4.69) is 20.1 Å². The van der Waals surface area contributed by atoms with E-state index in [-0.39, 0.29) is 46.1 Å². The molecule has 0 amide bonds. The van der Waals surface area contributed by atoms with Crippen LogP contribution in [0, 0.1) is 0 Å². The van der Waals surface area contributed by atoms with Crippen LogP contribution in [-0.4, -0.2) is 219 Å². The summed E-state index contributed by atoms with van der Waals surface area (Å²) in [4.78, 5) is 47.4. The Bertz CT molecular complexity index is 2350. The highest BCUT2D eigenvalue weighted by Gasteiger charge is 2.52. The number of aliphatic hydroxyl groups is 3. The summed E-state index contributed by atoms with van der Waals surface area (Å²) in [6.07, 6.45) is -10.3. The number of ether oxygens (including phenoxy) is 14. The van der Waals surface area contributed by atoms with Crippen molar-refractivity contribution >= 4 is 30.6 Å². The highest BCUT2D eigenvalue weighted by Crippen LogP contribution is 2.42. The fourth-order valence-corrected chi connectivity index (χ4v) is 14.4. The fourth-order valence-electron chi connectivity index (χ4n) is 10.6. The van der Waals surface area contributed by atoms with Crippen LogP contribution in [-0.2, 0) is 75.9 Å². The molecule has 26 nitrogen and oxygen atoms in total. The molecule has 16 atom stereocenters. The van der Waals surface area contributed by atoms with Crippen LogP contribution in [0.1, 0.15) is 146 Å². The number of rotatable bonds is 52. The molecule has 0 bridgehead atoms. The molecule has 1 heterocycles. The molecule has 4 N–H and O–H groups in total. The SMILES string of the molecule is CCCCOC[C@H](N=[N+]=[N-])[C@@H](OC(CO)[C@H](C)OC(CO)OC(C(=O)OC)[C@@H](OCCCC)[C@H](C)OCCCC)O[C@@H](C(OC(CO)O[C@@H]1C(CCC(C)(C)[Si](O)(c2ccccc2)c2ccccc2)OC[C@@H](N=[N+]=[N-])C1OCCCC)C(=O)OC)[C@H](C)OCCCC. The predicted molar refractivity (Wildman–Crippen MR) is 346 cm³/mol. The number of esters is 2. The lowest BCUT2D eigenvalue weighted by atomic mass is 9.92. The van der Waals surface area contributed by atoms with E-state index in [1.54, 1.807) is 13.8 Å². The first-order valence-corrected chi connectivity index (χ1v) is 34.8. The molecule has 0 radical (unpaired) electrons. The van der Waals surface area contributed by atoms with Crippen LogP contribution in [0.25, 0.3) is 20.9 Å². The third-order valence-electron chi connectivity index (χ3n) is 16.2. The minimum Gasteiger partial charge on any atom is -0.467 e. The largest absolute Gasteiger partial charge is 0.467 e. The summed E-state index contributed by atoms with van der Waals surface area (Å²) in [6, 6.07) is 16.9. The van der Waals surface area contributed by atoms with Gasteiger partial charge in [-0.15, -0.1) is 0 Å². The van der Waals surface area contributed by atoms with Gasteiger partial charge < -0.3 is 86.4 Å². The molecule has 2 aromatic rings. The van der Waals surface area contributed by atoms with Gasteiger partial charge in [-0.05, 0) is 92.2 Å². The van der Waals surface area contributed by atoms with Crippen LogP contribution in [0.15, 0.2) is 70.9 Å². The van der Waals surface area contributed by atoms with E-state index in [1.807, 2.05) is 109 Å². The summed E-state index contributed by atoms with van der Waals surface area (Å²) in [7, 11) is -1.24. The molecule has 1 aliphatic heterocycles. The van der Waals surface area contributed by atoms with Gasteiger partial charge in [-0.2, -0.15) is 0 Å². The molecule has 7 unspecified atom stereocenters. The molecule has 2 aromatic carbocycles. The standard InChI is InChI=1S/C65H110N6O20Si/c1-13-18-35-80-43-51(69-71-67)64(87-53(40-72)45(6)86-54(41-73)89-60(62(75)78-11)56(83-38-21-16-4)46(7)81-36-19-14-2)91-57(47(8)82-37-20-15-3)61(63(76)79-12)90-55(42-74)88-59-52(85-44-50(68-70-66)58(59)84-39-22-17-5)33-34-65(9,10)92(77,48-29-25-23-26-30-48)49-31-27-24-28-32-49/h23-32,45-47,50-61,64,72-74,77H,13-22,33-44H2,1-12H3/t45-,46-,47-,50+,51-,52?,53?,54?,55?,56-,57+,58?,59+,60?,61?,64-/m0/s1. The van der Waals surface area contributed by atoms with Gasteiger partial charge in [0.1, 0.15) is 30.5 Å². The Labute approximate surface area is 546 Å². The monoisotopic (exact) mass is 1320 g/mol. The Balaban J connectivity index is 2.20. The number of unbranched alkanes of at least 4 members (excludes halogenated alkanes) is 5. The highest BCUT2D eigenvalue weighted by molar-refractivity contribution is 6.98. The van der Waals surface area contributed by atoms with Crippen molar-refractivity contribution < 1.29 is 96.0 Å². The number of carbonyl (C=O) groups is 2. The van der Waals surface area contributed by atoms with Crippen LogP contribution >= 0.6 is 0 Å². The van der Waals surface area contributed by atoms with Gasteiger partial charge in [-0.1, -0.05) is 151 Å². The maximum absolute atomic E-state index is 14.5. The van der Waals surface area contributed by atoms with Gasteiger partial charge in [-0.3, -0.25) is 0 Å². The first kappa shape index (κ1) is 81.8. The minimum absolute atomic E-state index is 0.0542. The first-order valence-electron chi connectivity index (χ1n) is 32.9. The Morgan fingerprint density at radius 1 is 0.641 bits per heavy atom. The zero-order valence-electron chi connectivity index (χ0n) is 56.6. The number of hydrogen-bond donors (Lipinski definition) is 4. The van der Waals surface area contributed by atoms with E-state index >= 15 is 0 Å². The molecule has 1 aliphatic rings. The molecule has 524 valence electrons. The zero-order chi connectivity index (χ0) is 67.9. The molecule has 0 saturated carbocycles. The fraction of sp³-hybridized carbons (Fsp3) is 0.785. The Kier molecular flexibility index (Phi) is 40.8. The smallest absolute Gasteiger partial charge is 0.337 e. The predicted octanol–water partition coefficient (Wildman–Crippen LogP) is 8.29. The summed E-state index contributed by atoms with van der Waals surface area (Å²) in [5, 5.41) is 42.3. The van der Waals surface area contributed by atoms with E-state index in [0.717, 1.165) is 56.0 Å². The molecule has 3 rings (SSSR count). The van der Waals surface area contributed by atoms with Crippen molar-refractivity contribution in [2.45, 2.75) is 249 Å². The number of nitrogens with zero attached hydrogens (tertiary/aromatic N) is 6. The molecule has 27 heteroatoms. The molecule has 0 aliphatic carbocycles. The minimum atomic E-state index is -3.55. The van der Waals surface area contributed by atoms with Crippen molar-refractivity contribution in [2.75, 3.05) is 80.3 Å². The van der Waals surface area contributed by atoms with Crippen LogP contribution < -0.4 is 10.4 Å². The first-order chi connectivity index (χ1) is 44.4. The van der Waals surface area contributed by atoms with Gasteiger partial charge in [0, 0.05) is 42.9 Å². The van der Waals surface area contributed by atoms with Gasteiger partial charge in [0.25, 0.3) is 8.32 Å². The second-order valence-electron chi connectivity index (χ2n) is 23.6. The van der Waals surface area contributed by atoms with Crippen molar-refractivity contribution in [1.29, 1.82) is 0 Å².